The van der Waals surface area contributed by atoms with Crippen LogP contribution in [0, 0.1) is 0 Å². The Morgan fingerprint density at radius 3 is 2.45 bits per heavy atom. The number of alkyl halides is 3. The van der Waals surface area contributed by atoms with Gasteiger partial charge in [-0.05, 0) is 18.6 Å². The first-order chi connectivity index (χ1) is 9.03. The van der Waals surface area contributed by atoms with Gasteiger partial charge in [-0.1, -0.05) is 12.1 Å². The second kappa shape index (κ2) is 4.45. The van der Waals surface area contributed by atoms with Crippen molar-refractivity contribution in [1.29, 1.82) is 0 Å². The lowest BCUT2D eigenvalue weighted by molar-refractivity contribution is -0.172. The second-order valence-corrected chi connectivity index (χ2v) is 6.02. The maximum absolute atomic E-state index is 12.7. The molecular formula is C11H11F3N2O3S. The predicted octanol–water partition coefficient (Wildman–Crippen LogP) is 1.24. The van der Waals surface area contributed by atoms with Crippen molar-refractivity contribution < 1.29 is 26.4 Å². The Labute approximate surface area is 113 Å². The van der Waals surface area contributed by atoms with Gasteiger partial charge in [0.25, 0.3) is 5.91 Å². The van der Waals surface area contributed by atoms with E-state index in [1.807, 2.05) is 0 Å². The van der Waals surface area contributed by atoms with Crippen molar-refractivity contribution in [3.05, 3.63) is 29.3 Å². The molecule has 0 unspecified atom stereocenters. The summed E-state index contributed by atoms with van der Waals surface area (Å²) in [5, 5.41) is 4.98. The molecule has 0 aromatic heterocycles. The molecule has 2 rings (SSSR count). The lowest BCUT2D eigenvalue weighted by Crippen LogP contribution is -2.43. The zero-order valence-corrected chi connectivity index (χ0v) is 11.1. The normalized spacial score (nSPS) is 17.2. The molecule has 9 heteroatoms. The van der Waals surface area contributed by atoms with E-state index in [4.69, 9.17) is 5.14 Å². The Balaban J connectivity index is 2.51. The summed E-state index contributed by atoms with van der Waals surface area (Å²) in [7, 11) is -4.17. The zero-order chi connectivity index (χ0) is 15.3. The van der Waals surface area contributed by atoms with E-state index in [0.29, 0.717) is 4.90 Å². The van der Waals surface area contributed by atoms with Crippen molar-refractivity contribution in [1.82, 2.24) is 4.90 Å². The fourth-order valence-corrected chi connectivity index (χ4v) is 2.85. The molecule has 1 amide bonds. The van der Waals surface area contributed by atoms with Gasteiger partial charge < -0.3 is 4.90 Å². The van der Waals surface area contributed by atoms with Gasteiger partial charge in [-0.2, -0.15) is 13.2 Å². The van der Waals surface area contributed by atoms with E-state index in [0.717, 1.165) is 13.0 Å². The highest BCUT2D eigenvalue weighted by Crippen LogP contribution is 2.34. The molecule has 20 heavy (non-hydrogen) atoms. The summed E-state index contributed by atoms with van der Waals surface area (Å²) in [5.41, 5.74) is -0.0521. The molecule has 2 N–H and O–H groups in total. The van der Waals surface area contributed by atoms with E-state index < -0.39 is 33.0 Å². The average Bonchev–Trinajstić information content (AvgIpc) is 2.63. The summed E-state index contributed by atoms with van der Waals surface area (Å²) >= 11 is 0. The average molecular weight is 308 g/mol. The molecule has 1 aromatic carbocycles. The van der Waals surface area contributed by atoms with Gasteiger partial charge in [0.05, 0.1) is 10.5 Å². The van der Waals surface area contributed by atoms with Crippen LogP contribution in [-0.4, -0.2) is 31.4 Å². The molecule has 0 saturated carbocycles. The molecule has 0 bridgehead atoms. The maximum Gasteiger partial charge on any atom is 0.408 e. The molecule has 1 aliphatic rings. The molecule has 0 saturated heterocycles. The number of hydrogen-bond donors (Lipinski definition) is 1. The largest absolute Gasteiger partial charge is 0.408 e. The summed E-state index contributed by atoms with van der Waals surface area (Å²) in [6.07, 6.45) is -4.58. The summed E-state index contributed by atoms with van der Waals surface area (Å²) in [6.45, 7) is 0.554. The standard InChI is InChI=1S/C11H11F3N2O3S/c1-6(11(12,13)14)16-5-7-3-2-4-8(20(15,18)19)9(7)10(16)17/h2-4,6H,5H2,1H3,(H2,15,18,19)/t6-/m0/s1. The number of halogens is 3. The molecule has 5 nitrogen and oxygen atoms in total. The Hall–Kier alpha value is -1.61. The molecule has 1 aliphatic heterocycles. The minimum atomic E-state index is -4.58. The van der Waals surface area contributed by atoms with E-state index in [9.17, 15) is 26.4 Å². The van der Waals surface area contributed by atoms with Crippen molar-refractivity contribution in [3.63, 3.8) is 0 Å². The number of sulfonamides is 1. The number of carbonyl (C=O) groups excluding carboxylic acids is 1. The summed E-state index contributed by atoms with van der Waals surface area (Å²) in [6, 6.07) is 1.85. The minimum Gasteiger partial charge on any atom is -0.322 e. The smallest absolute Gasteiger partial charge is 0.322 e. The van der Waals surface area contributed by atoms with Gasteiger partial charge in [0.15, 0.2) is 0 Å². The van der Waals surface area contributed by atoms with E-state index in [-0.39, 0.29) is 17.7 Å². The van der Waals surface area contributed by atoms with E-state index >= 15 is 0 Å². The van der Waals surface area contributed by atoms with Crippen LogP contribution in [0.1, 0.15) is 22.8 Å². The van der Waals surface area contributed by atoms with Crippen molar-refractivity contribution in [2.45, 2.75) is 30.6 Å². The van der Waals surface area contributed by atoms with Crippen LogP contribution in [0.5, 0.6) is 0 Å². The number of fused-ring (bicyclic) bond motifs is 1. The van der Waals surface area contributed by atoms with E-state index in [1.54, 1.807) is 0 Å². The van der Waals surface area contributed by atoms with Crippen LogP contribution < -0.4 is 5.14 Å². The Morgan fingerprint density at radius 1 is 1.35 bits per heavy atom. The van der Waals surface area contributed by atoms with Gasteiger partial charge in [-0.25, -0.2) is 13.6 Å². The first-order valence-electron chi connectivity index (χ1n) is 5.56. The Kier molecular flexibility index (Phi) is 3.29. The number of nitrogens with two attached hydrogens (primary N) is 1. The third-order valence-corrected chi connectivity index (χ3v) is 4.13. The summed E-state index contributed by atoms with van der Waals surface area (Å²) < 4.78 is 60.9. The molecule has 0 spiro atoms. The molecule has 1 aromatic rings. The third-order valence-electron chi connectivity index (χ3n) is 3.18. The summed E-state index contributed by atoms with van der Waals surface area (Å²) in [4.78, 5) is 12.2. The van der Waals surface area contributed by atoms with Gasteiger partial charge >= 0.3 is 6.18 Å². The van der Waals surface area contributed by atoms with E-state index in [2.05, 4.69) is 0 Å². The molecule has 1 atom stereocenters. The molecule has 0 aliphatic carbocycles. The number of hydrogen-bond acceptors (Lipinski definition) is 3. The molecular weight excluding hydrogens is 297 g/mol. The number of carbonyl (C=O) groups is 1. The highest BCUT2D eigenvalue weighted by Gasteiger charge is 2.46. The number of benzene rings is 1. The second-order valence-electron chi connectivity index (χ2n) is 4.49. The number of amides is 1. The van der Waals surface area contributed by atoms with Gasteiger partial charge in [-0.15, -0.1) is 0 Å². The van der Waals surface area contributed by atoms with Crippen LogP contribution in [0.4, 0.5) is 13.2 Å². The van der Waals surface area contributed by atoms with Crippen LogP contribution in [0.15, 0.2) is 23.1 Å². The van der Waals surface area contributed by atoms with Gasteiger partial charge in [0.2, 0.25) is 10.0 Å². The molecule has 1 heterocycles. The quantitative estimate of drug-likeness (QED) is 0.892. The molecule has 110 valence electrons. The van der Waals surface area contributed by atoms with E-state index in [1.165, 1.54) is 12.1 Å². The van der Waals surface area contributed by atoms with Crippen LogP contribution in [-0.2, 0) is 16.6 Å². The van der Waals surface area contributed by atoms with Crippen molar-refractivity contribution >= 4 is 15.9 Å². The lowest BCUT2D eigenvalue weighted by Gasteiger charge is -2.26. The minimum absolute atomic E-state index is 0.220. The van der Waals surface area contributed by atoms with Crippen LogP contribution in [0.25, 0.3) is 0 Å². The van der Waals surface area contributed by atoms with Gasteiger partial charge in [0, 0.05) is 6.54 Å². The lowest BCUT2D eigenvalue weighted by atomic mass is 10.1. The van der Waals surface area contributed by atoms with Crippen molar-refractivity contribution in [2.24, 2.45) is 5.14 Å². The SMILES string of the molecule is C[C@H](N1Cc2cccc(S(N)(=O)=O)c2C1=O)C(F)(F)F. The first-order valence-corrected chi connectivity index (χ1v) is 7.10. The Morgan fingerprint density at radius 2 is 1.95 bits per heavy atom. The van der Waals surface area contributed by atoms with Crippen molar-refractivity contribution in [3.8, 4) is 0 Å². The van der Waals surface area contributed by atoms with Crippen LogP contribution in [0.3, 0.4) is 0 Å². The topological polar surface area (TPSA) is 80.5 Å². The zero-order valence-electron chi connectivity index (χ0n) is 10.3. The molecule has 0 fully saturated rings. The third kappa shape index (κ3) is 2.38. The summed E-state index contributed by atoms with van der Waals surface area (Å²) in [5.74, 6) is -0.977. The monoisotopic (exact) mass is 308 g/mol. The predicted molar refractivity (Wildman–Crippen MR) is 63.2 cm³/mol. The highest BCUT2D eigenvalue weighted by atomic mass is 32.2. The fourth-order valence-electron chi connectivity index (χ4n) is 2.08. The molecule has 0 radical (unpaired) electrons. The van der Waals surface area contributed by atoms with Gasteiger partial charge in [0.1, 0.15) is 6.04 Å². The number of nitrogens with zero attached hydrogens (tertiary/aromatic N) is 1. The number of primary sulfonamides is 1. The van der Waals surface area contributed by atoms with Crippen LogP contribution >= 0.6 is 0 Å². The van der Waals surface area contributed by atoms with Gasteiger partial charge in [-0.3, -0.25) is 4.79 Å². The maximum atomic E-state index is 12.7. The highest BCUT2D eigenvalue weighted by molar-refractivity contribution is 7.89. The fraction of sp³-hybridized carbons (Fsp3) is 0.364. The first kappa shape index (κ1) is 14.8. The Bertz CT molecular complexity index is 670. The number of rotatable bonds is 2. The van der Waals surface area contributed by atoms with Crippen LogP contribution in [0.2, 0.25) is 0 Å². The van der Waals surface area contributed by atoms with Crippen molar-refractivity contribution in [2.75, 3.05) is 0 Å².